The second-order valence-electron chi connectivity index (χ2n) is 7.45. The molecule has 164 valence electrons. The van der Waals surface area contributed by atoms with E-state index in [2.05, 4.69) is 15.4 Å². The van der Waals surface area contributed by atoms with E-state index in [0.29, 0.717) is 22.4 Å². The number of fused-ring (bicyclic) bond motifs is 1. The summed E-state index contributed by atoms with van der Waals surface area (Å²) in [5.41, 5.74) is 2.25. The fourth-order valence-corrected chi connectivity index (χ4v) is 4.23. The molecule has 2 aromatic heterocycles. The van der Waals surface area contributed by atoms with Gasteiger partial charge in [0.15, 0.2) is 6.61 Å². The summed E-state index contributed by atoms with van der Waals surface area (Å²) in [4.78, 5) is 17.2. The van der Waals surface area contributed by atoms with Crippen molar-refractivity contribution in [2.75, 3.05) is 11.9 Å². The van der Waals surface area contributed by atoms with E-state index in [0.717, 1.165) is 22.0 Å². The fraction of sp³-hybridized carbons (Fsp3) is 0.0800. The average Bonchev–Trinajstić information content (AvgIpc) is 3.44. The minimum absolute atomic E-state index is 0.138. The molecule has 0 aliphatic rings. The maximum absolute atomic E-state index is 13.2. The van der Waals surface area contributed by atoms with Crippen molar-refractivity contribution >= 4 is 33.8 Å². The summed E-state index contributed by atoms with van der Waals surface area (Å²) in [5, 5.41) is 11.9. The lowest BCUT2D eigenvalue weighted by Gasteiger charge is -2.09. The van der Waals surface area contributed by atoms with Crippen LogP contribution in [0.25, 0.3) is 27.2 Å². The summed E-state index contributed by atoms with van der Waals surface area (Å²) >= 11 is 1.38. The first-order chi connectivity index (χ1) is 16.0. The second kappa shape index (κ2) is 8.84. The summed E-state index contributed by atoms with van der Waals surface area (Å²) in [7, 11) is 0. The summed E-state index contributed by atoms with van der Waals surface area (Å²) in [6, 6.07) is 21.6. The van der Waals surface area contributed by atoms with Crippen LogP contribution in [0.1, 0.15) is 5.69 Å². The van der Waals surface area contributed by atoms with E-state index >= 15 is 0 Å². The molecule has 1 amide bonds. The van der Waals surface area contributed by atoms with Gasteiger partial charge < -0.3 is 10.1 Å². The zero-order valence-electron chi connectivity index (χ0n) is 17.7. The Labute approximate surface area is 193 Å². The van der Waals surface area contributed by atoms with Crippen molar-refractivity contribution in [2.45, 2.75) is 6.92 Å². The number of amides is 1. The van der Waals surface area contributed by atoms with Crippen LogP contribution < -0.4 is 10.1 Å². The molecule has 3 aromatic carbocycles. The topological polar surface area (TPSA) is 69.0 Å². The van der Waals surface area contributed by atoms with Crippen molar-refractivity contribution in [1.82, 2.24) is 14.8 Å². The first-order valence-electron chi connectivity index (χ1n) is 10.3. The molecule has 0 fully saturated rings. The summed E-state index contributed by atoms with van der Waals surface area (Å²) < 4.78 is 20.5. The van der Waals surface area contributed by atoms with Gasteiger partial charge in [-0.1, -0.05) is 30.3 Å². The van der Waals surface area contributed by atoms with E-state index in [1.165, 1.54) is 23.5 Å². The molecule has 1 N–H and O–H groups in total. The number of thiazole rings is 1. The van der Waals surface area contributed by atoms with Crippen molar-refractivity contribution in [1.29, 1.82) is 0 Å². The van der Waals surface area contributed by atoms with Gasteiger partial charge in [-0.15, -0.1) is 11.3 Å². The zero-order valence-corrected chi connectivity index (χ0v) is 18.5. The number of rotatable bonds is 6. The van der Waals surface area contributed by atoms with Gasteiger partial charge in [0.05, 0.1) is 11.4 Å². The quantitative estimate of drug-likeness (QED) is 0.359. The van der Waals surface area contributed by atoms with Crippen molar-refractivity contribution < 1.29 is 13.9 Å². The minimum atomic E-state index is -0.306. The lowest BCUT2D eigenvalue weighted by Crippen LogP contribution is -2.21. The number of nitrogens with zero attached hydrogens (tertiary/aromatic N) is 3. The average molecular weight is 459 g/mol. The van der Waals surface area contributed by atoms with Crippen LogP contribution in [0.15, 0.2) is 78.2 Å². The molecule has 5 aromatic rings. The molecule has 0 atom stereocenters. The van der Waals surface area contributed by atoms with Gasteiger partial charge >= 0.3 is 0 Å². The Balaban J connectivity index is 1.29. The molecule has 0 saturated carbocycles. The minimum Gasteiger partial charge on any atom is -0.484 e. The number of halogens is 1. The third-order valence-corrected chi connectivity index (χ3v) is 5.82. The SMILES string of the molecule is Cc1cc(NC(=O)COc2ccc3ccccc3c2)n(-c2nc(-c3ccc(F)cc3)cs2)n1. The molecule has 5 rings (SSSR count). The Morgan fingerprint density at radius 3 is 2.67 bits per heavy atom. The second-order valence-corrected chi connectivity index (χ2v) is 8.29. The number of aromatic nitrogens is 3. The summed E-state index contributed by atoms with van der Waals surface area (Å²) in [6.07, 6.45) is 0. The van der Waals surface area contributed by atoms with Crippen LogP contribution in [0.2, 0.25) is 0 Å². The van der Waals surface area contributed by atoms with Crippen LogP contribution in [0, 0.1) is 12.7 Å². The van der Waals surface area contributed by atoms with E-state index in [9.17, 15) is 9.18 Å². The van der Waals surface area contributed by atoms with Crippen molar-refractivity contribution in [3.05, 3.63) is 89.7 Å². The maximum atomic E-state index is 13.2. The van der Waals surface area contributed by atoms with Crippen LogP contribution in [0.4, 0.5) is 10.2 Å². The largest absolute Gasteiger partial charge is 0.484 e. The van der Waals surface area contributed by atoms with Gasteiger partial charge in [-0.25, -0.2) is 9.37 Å². The predicted octanol–water partition coefficient (Wildman–Crippen LogP) is 5.61. The summed E-state index contributed by atoms with van der Waals surface area (Å²) in [5.74, 6) is 0.518. The van der Waals surface area contributed by atoms with Crippen molar-refractivity contribution in [2.24, 2.45) is 0 Å². The fourth-order valence-electron chi connectivity index (χ4n) is 3.43. The zero-order chi connectivity index (χ0) is 22.8. The normalized spacial score (nSPS) is 11.0. The number of aryl methyl sites for hydroxylation is 1. The number of ether oxygens (including phenoxy) is 1. The van der Waals surface area contributed by atoms with Gasteiger partial charge in [-0.3, -0.25) is 4.79 Å². The third kappa shape index (κ3) is 4.61. The molecule has 0 aliphatic heterocycles. The number of carbonyl (C=O) groups excluding carboxylic acids is 1. The molecule has 8 heteroatoms. The highest BCUT2D eigenvalue weighted by Crippen LogP contribution is 2.27. The molecule has 2 heterocycles. The Morgan fingerprint density at radius 1 is 1.06 bits per heavy atom. The molecule has 0 bridgehead atoms. The van der Waals surface area contributed by atoms with Gasteiger partial charge in [0, 0.05) is 17.0 Å². The van der Waals surface area contributed by atoms with E-state index in [1.807, 2.05) is 54.8 Å². The Kier molecular flexibility index (Phi) is 5.58. The first-order valence-corrected chi connectivity index (χ1v) is 11.1. The lowest BCUT2D eigenvalue weighted by molar-refractivity contribution is -0.118. The van der Waals surface area contributed by atoms with Crippen LogP contribution >= 0.6 is 11.3 Å². The highest BCUT2D eigenvalue weighted by molar-refractivity contribution is 7.12. The number of hydrogen-bond acceptors (Lipinski definition) is 5. The molecule has 0 unspecified atom stereocenters. The van der Waals surface area contributed by atoms with Crippen LogP contribution in [-0.4, -0.2) is 27.3 Å². The molecule has 0 aliphatic carbocycles. The molecular formula is C25H19FN4O2S. The summed E-state index contributed by atoms with van der Waals surface area (Å²) in [6.45, 7) is 1.70. The molecule has 0 radical (unpaired) electrons. The van der Waals surface area contributed by atoms with Crippen LogP contribution in [-0.2, 0) is 4.79 Å². The van der Waals surface area contributed by atoms with Gasteiger partial charge in [-0.2, -0.15) is 9.78 Å². The molecule has 6 nitrogen and oxygen atoms in total. The number of benzene rings is 3. The van der Waals surface area contributed by atoms with Gasteiger partial charge in [0.2, 0.25) is 5.13 Å². The highest BCUT2D eigenvalue weighted by Gasteiger charge is 2.15. The molecular weight excluding hydrogens is 439 g/mol. The lowest BCUT2D eigenvalue weighted by atomic mass is 10.1. The first kappa shape index (κ1) is 20.8. The van der Waals surface area contributed by atoms with E-state index in [1.54, 1.807) is 22.9 Å². The Bertz CT molecular complexity index is 1440. The van der Waals surface area contributed by atoms with E-state index in [4.69, 9.17) is 4.74 Å². The Morgan fingerprint density at radius 2 is 1.85 bits per heavy atom. The van der Waals surface area contributed by atoms with Gasteiger partial charge in [0.25, 0.3) is 5.91 Å². The number of nitrogens with one attached hydrogen (secondary N) is 1. The molecule has 33 heavy (non-hydrogen) atoms. The van der Waals surface area contributed by atoms with E-state index in [-0.39, 0.29) is 18.3 Å². The number of carbonyl (C=O) groups is 1. The van der Waals surface area contributed by atoms with Crippen molar-refractivity contribution in [3.63, 3.8) is 0 Å². The standard InChI is InChI=1S/C25H19FN4O2S/c1-16-12-23(28-24(31)14-32-21-11-8-17-4-2-3-5-19(17)13-21)30(29-16)25-27-22(15-33-25)18-6-9-20(26)10-7-18/h2-13,15H,14H2,1H3,(H,28,31). The predicted molar refractivity (Wildman–Crippen MR) is 127 cm³/mol. The molecule has 0 saturated heterocycles. The highest BCUT2D eigenvalue weighted by atomic mass is 32.1. The van der Waals surface area contributed by atoms with Gasteiger partial charge in [0.1, 0.15) is 17.4 Å². The molecule has 0 spiro atoms. The number of anilines is 1. The number of hydrogen-bond donors (Lipinski definition) is 1. The monoisotopic (exact) mass is 458 g/mol. The van der Waals surface area contributed by atoms with E-state index < -0.39 is 0 Å². The third-order valence-electron chi connectivity index (χ3n) is 5.00. The smallest absolute Gasteiger partial charge is 0.263 e. The Hall–Kier alpha value is -4.04. The van der Waals surface area contributed by atoms with Crippen LogP contribution in [0.3, 0.4) is 0 Å². The maximum Gasteiger partial charge on any atom is 0.263 e. The van der Waals surface area contributed by atoms with Crippen molar-refractivity contribution in [3.8, 4) is 22.1 Å². The van der Waals surface area contributed by atoms with Gasteiger partial charge in [-0.05, 0) is 54.1 Å². The van der Waals surface area contributed by atoms with Crippen LogP contribution in [0.5, 0.6) is 5.75 Å².